The predicted octanol–water partition coefficient (Wildman–Crippen LogP) is 3.89. The van der Waals surface area contributed by atoms with E-state index in [1.807, 2.05) is 44.2 Å². The summed E-state index contributed by atoms with van der Waals surface area (Å²) in [5.74, 6) is -0.0850. The van der Waals surface area contributed by atoms with Crippen molar-refractivity contribution >= 4 is 29.2 Å². The summed E-state index contributed by atoms with van der Waals surface area (Å²) >= 11 is 5.66. The Kier molecular flexibility index (Phi) is 7.24. The van der Waals surface area contributed by atoms with Crippen LogP contribution in [0.1, 0.15) is 45.4 Å². The molecule has 0 spiro atoms. The topological polar surface area (TPSA) is 67.2 Å². The maximum atomic E-state index is 12.6. The Morgan fingerprint density at radius 3 is 2.39 bits per heavy atom. The lowest BCUT2D eigenvalue weighted by Gasteiger charge is -2.20. The molecule has 0 saturated carbocycles. The van der Waals surface area contributed by atoms with Gasteiger partial charge in [-0.2, -0.15) is 5.10 Å². The molecule has 0 aliphatic heterocycles. The third-order valence-electron chi connectivity index (χ3n) is 4.32. The SMILES string of the molecule is CCCN(CC(=O)Nc1cc(C(C)(C)C)nn1-c1ccc(C)cc1)C(=O)CCl. The van der Waals surface area contributed by atoms with Crippen molar-refractivity contribution in [2.45, 2.75) is 46.5 Å². The maximum absolute atomic E-state index is 12.6. The van der Waals surface area contributed by atoms with Gasteiger partial charge in [0.1, 0.15) is 11.7 Å². The largest absolute Gasteiger partial charge is 0.332 e. The molecular weight excluding hydrogens is 376 g/mol. The summed E-state index contributed by atoms with van der Waals surface area (Å²) in [5.41, 5.74) is 2.70. The van der Waals surface area contributed by atoms with Crippen LogP contribution >= 0.6 is 11.6 Å². The van der Waals surface area contributed by atoms with E-state index >= 15 is 0 Å². The molecule has 2 aromatic rings. The summed E-state index contributed by atoms with van der Waals surface area (Å²) in [7, 11) is 0. The number of alkyl halides is 1. The molecular formula is C21H29ClN4O2. The minimum Gasteiger partial charge on any atom is -0.332 e. The lowest BCUT2D eigenvalue weighted by molar-refractivity contribution is -0.132. The van der Waals surface area contributed by atoms with Gasteiger partial charge < -0.3 is 10.2 Å². The van der Waals surface area contributed by atoms with Crippen molar-refractivity contribution in [2.75, 3.05) is 24.3 Å². The Morgan fingerprint density at radius 1 is 1.21 bits per heavy atom. The number of amides is 2. The van der Waals surface area contributed by atoms with Crippen LogP contribution in [0.25, 0.3) is 5.69 Å². The van der Waals surface area contributed by atoms with Crippen LogP contribution in [0, 0.1) is 6.92 Å². The molecule has 1 heterocycles. The predicted molar refractivity (Wildman–Crippen MR) is 113 cm³/mol. The zero-order valence-corrected chi connectivity index (χ0v) is 18.0. The Morgan fingerprint density at radius 2 is 1.86 bits per heavy atom. The van der Waals surface area contributed by atoms with Crippen LogP contribution in [0.5, 0.6) is 0 Å². The number of carbonyl (C=O) groups excluding carboxylic acids is 2. The second-order valence-corrected chi connectivity index (χ2v) is 8.18. The first-order valence-corrected chi connectivity index (χ1v) is 10.00. The van der Waals surface area contributed by atoms with Crippen LogP contribution in [-0.4, -0.2) is 45.5 Å². The second kappa shape index (κ2) is 9.24. The molecule has 0 radical (unpaired) electrons. The van der Waals surface area contributed by atoms with E-state index in [1.54, 1.807) is 4.68 Å². The highest BCUT2D eigenvalue weighted by atomic mass is 35.5. The van der Waals surface area contributed by atoms with E-state index in [2.05, 4.69) is 26.1 Å². The molecule has 2 rings (SSSR count). The molecule has 152 valence electrons. The smallest absolute Gasteiger partial charge is 0.245 e. The van der Waals surface area contributed by atoms with Crippen molar-refractivity contribution < 1.29 is 9.59 Å². The molecule has 0 atom stereocenters. The average Bonchev–Trinajstić information content (AvgIpc) is 3.05. The number of anilines is 1. The van der Waals surface area contributed by atoms with Gasteiger partial charge in [-0.05, 0) is 25.5 Å². The highest BCUT2D eigenvalue weighted by molar-refractivity contribution is 6.27. The van der Waals surface area contributed by atoms with Crippen molar-refractivity contribution in [3.05, 3.63) is 41.6 Å². The Bertz CT molecular complexity index is 822. The number of benzene rings is 1. The molecule has 1 N–H and O–H groups in total. The van der Waals surface area contributed by atoms with Crippen molar-refractivity contribution in [1.29, 1.82) is 0 Å². The number of nitrogens with zero attached hydrogens (tertiary/aromatic N) is 3. The average molecular weight is 405 g/mol. The van der Waals surface area contributed by atoms with Gasteiger partial charge in [0.15, 0.2) is 0 Å². The van der Waals surface area contributed by atoms with Crippen molar-refractivity contribution in [2.24, 2.45) is 0 Å². The Labute approximate surface area is 171 Å². The van der Waals surface area contributed by atoms with Crippen molar-refractivity contribution in [3.8, 4) is 5.69 Å². The highest BCUT2D eigenvalue weighted by Gasteiger charge is 2.22. The number of hydrogen-bond donors (Lipinski definition) is 1. The van der Waals surface area contributed by atoms with E-state index in [0.717, 1.165) is 23.4 Å². The number of nitrogens with one attached hydrogen (secondary N) is 1. The number of rotatable bonds is 7. The molecule has 28 heavy (non-hydrogen) atoms. The number of carbonyl (C=O) groups is 2. The Hall–Kier alpha value is -2.34. The number of hydrogen-bond acceptors (Lipinski definition) is 3. The van der Waals surface area contributed by atoms with Crippen LogP contribution < -0.4 is 5.32 Å². The normalized spacial score (nSPS) is 11.4. The van der Waals surface area contributed by atoms with E-state index in [0.29, 0.717) is 12.4 Å². The van der Waals surface area contributed by atoms with E-state index < -0.39 is 0 Å². The molecule has 2 amide bonds. The van der Waals surface area contributed by atoms with Gasteiger partial charge in [0.05, 0.1) is 17.9 Å². The summed E-state index contributed by atoms with van der Waals surface area (Å²) in [6, 6.07) is 9.81. The first-order chi connectivity index (χ1) is 13.2. The minimum absolute atomic E-state index is 0.0384. The molecule has 1 aromatic carbocycles. The molecule has 6 nitrogen and oxygen atoms in total. The standard InChI is InChI=1S/C21H29ClN4O2/c1-6-11-25(20(28)13-22)14-19(27)23-18-12-17(21(3,4)5)24-26(18)16-9-7-15(2)8-10-16/h7-10,12H,6,11,13-14H2,1-5H3,(H,23,27). The third kappa shape index (κ3) is 5.58. The van der Waals surface area contributed by atoms with Crippen LogP contribution in [-0.2, 0) is 15.0 Å². The molecule has 0 unspecified atom stereocenters. The molecule has 0 aliphatic rings. The molecule has 0 saturated heterocycles. The van der Waals surface area contributed by atoms with E-state index in [4.69, 9.17) is 16.7 Å². The number of aromatic nitrogens is 2. The quantitative estimate of drug-likeness (QED) is 0.712. The van der Waals surface area contributed by atoms with Gasteiger partial charge in [-0.25, -0.2) is 4.68 Å². The fourth-order valence-electron chi connectivity index (χ4n) is 2.72. The lowest BCUT2D eigenvalue weighted by atomic mass is 9.92. The fraction of sp³-hybridized carbons (Fsp3) is 0.476. The molecule has 0 aliphatic carbocycles. The zero-order chi connectivity index (χ0) is 20.9. The van der Waals surface area contributed by atoms with Crippen LogP contribution in [0.4, 0.5) is 5.82 Å². The second-order valence-electron chi connectivity index (χ2n) is 7.91. The van der Waals surface area contributed by atoms with E-state index in [9.17, 15) is 9.59 Å². The molecule has 0 fully saturated rings. The minimum atomic E-state index is -0.277. The summed E-state index contributed by atoms with van der Waals surface area (Å²) in [6.07, 6.45) is 0.755. The first-order valence-electron chi connectivity index (χ1n) is 9.47. The fourth-order valence-corrected chi connectivity index (χ4v) is 2.89. The van der Waals surface area contributed by atoms with Crippen LogP contribution in [0.15, 0.2) is 30.3 Å². The Balaban J connectivity index is 2.30. The maximum Gasteiger partial charge on any atom is 0.245 e. The number of aryl methyl sites for hydroxylation is 1. The molecule has 7 heteroatoms. The lowest BCUT2D eigenvalue weighted by Crippen LogP contribution is -2.39. The van der Waals surface area contributed by atoms with Gasteiger partial charge in [-0.3, -0.25) is 9.59 Å². The third-order valence-corrected chi connectivity index (χ3v) is 4.55. The summed E-state index contributed by atoms with van der Waals surface area (Å²) in [6.45, 7) is 10.6. The van der Waals surface area contributed by atoms with Gasteiger partial charge in [0.25, 0.3) is 0 Å². The zero-order valence-electron chi connectivity index (χ0n) is 17.3. The van der Waals surface area contributed by atoms with Crippen molar-refractivity contribution in [3.63, 3.8) is 0 Å². The summed E-state index contributed by atoms with van der Waals surface area (Å²) < 4.78 is 1.73. The summed E-state index contributed by atoms with van der Waals surface area (Å²) in [5, 5.41) is 7.61. The van der Waals surface area contributed by atoms with Gasteiger partial charge in [-0.1, -0.05) is 45.4 Å². The first kappa shape index (κ1) is 22.0. The monoisotopic (exact) mass is 404 g/mol. The van der Waals surface area contributed by atoms with Crippen LogP contribution in [0.3, 0.4) is 0 Å². The van der Waals surface area contributed by atoms with Crippen LogP contribution in [0.2, 0.25) is 0 Å². The van der Waals surface area contributed by atoms with Crippen molar-refractivity contribution in [1.82, 2.24) is 14.7 Å². The highest BCUT2D eigenvalue weighted by Crippen LogP contribution is 2.26. The molecule has 1 aromatic heterocycles. The van der Waals surface area contributed by atoms with Gasteiger partial charge in [0.2, 0.25) is 11.8 Å². The van der Waals surface area contributed by atoms with Gasteiger partial charge in [-0.15, -0.1) is 11.6 Å². The molecule has 0 bridgehead atoms. The number of halogens is 1. The van der Waals surface area contributed by atoms with Gasteiger partial charge in [0, 0.05) is 18.0 Å². The summed E-state index contributed by atoms with van der Waals surface area (Å²) in [4.78, 5) is 26.0. The van der Waals surface area contributed by atoms with Gasteiger partial charge >= 0.3 is 0 Å². The van der Waals surface area contributed by atoms with E-state index in [-0.39, 0.29) is 29.7 Å². The van der Waals surface area contributed by atoms with E-state index in [1.165, 1.54) is 4.90 Å².